The van der Waals surface area contributed by atoms with Crippen LogP contribution in [-0.4, -0.2) is 80.2 Å². The van der Waals surface area contributed by atoms with Crippen molar-refractivity contribution < 1.29 is 23.9 Å². The van der Waals surface area contributed by atoms with Crippen molar-refractivity contribution in [3.05, 3.63) is 65.9 Å². The summed E-state index contributed by atoms with van der Waals surface area (Å²) in [6, 6.07) is 12.0. The zero-order valence-electron chi connectivity index (χ0n) is 26.0. The molecule has 0 bridgehead atoms. The Morgan fingerprint density at radius 1 is 1.07 bits per heavy atom. The van der Waals surface area contributed by atoms with Crippen LogP contribution < -0.4 is 15.3 Å². The lowest BCUT2D eigenvalue weighted by Crippen LogP contribution is -2.45. The summed E-state index contributed by atoms with van der Waals surface area (Å²) < 4.78 is 11.2. The Morgan fingerprint density at radius 2 is 1.84 bits per heavy atom. The second kappa shape index (κ2) is 15.1. The SMILES string of the molecule is CN(C)c1ccc(/C=C/CN2CC[C@@H](N(C(=O)OC(C)(C)C)c3ccc(/C=C/C(=O)NOC4CCCCO4)cn3)C2)cc1. The molecule has 1 aromatic carbocycles. The number of amides is 2. The van der Waals surface area contributed by atoms with Crippen LogP contribution in [0.5, 0.6) is 0 Å². The third-order valence-electron chi connectivity index (χ3n) is 7.16. The van der Waals surface area contributed by atoms with E-state index in [0.29, 0.717) is 24.5 Å². The fourth-order valence-corrected chi connectivity index (χ4v) is 4.92. The highest BCUT2D eigenvalue weighted by atomic mass is 16.8. The van der Waals surface area contributed by atoms with Crippen LogP contribution in [0.1, 0.15) is 57.6 Å². The first-order chi connectivity index (χ1) is 20.6. The molecule has 2 aliphatic rings. The van der Waals surface area contributed by atoms with Gasteiger partial charge in [0.15, 0.2) is 6.29 Å². The monoisotopic (exact) mass is 591 g/mol. The summed E-state index contributed by atoms with van der Waals surface area (Å²) in [5.74, 6) is 0.122. The lowest BCUT2D eigenvalue weighted by molar-refractivity contribution is -0.198. The summed E-state index contributed by atoms with van der Waals surface area (Å²) in [4.78, 5) is 41.5. The number of benzene rings is 1. The van der Waals surface area contributed by atoms with Gasteiger partial charge in [0.2, 0.25) is 0 Å². The van der Waals surface area contributed by atoms with Crippen LogP contribution in [0.2, 0.25) is 0 Å². The molecule has 10 heteroatoms. The number of hydrogen-bond acceptors (Lipinski definition) is 8. The van der Waals surface area contributed by atoms with E-state index in [-0.39, 0.29) is 11.9 Å². The molecule has 1 aromatic heterocycles. The van der Waals surface area contributed by atoms with Gasteiger partial charge in [-0.3, -0.25) is 14.6 Å². The van der Waals surface area contributed by atoms with Crippen LogP contribution in [0.25, 0.3) is 12.2 Å². The van der Waals surface area contributed by atoms with Crippen LogP contribution in [0, 0.1) is 0 Å². The van der Waals surface area contributed by atoms with Gasteiger partial charge in [0.1, 0.15) is 11.4 Å². The van der Waals surface area contributed by atoms with Crippen molar-refractivity contribution in [2.75, 3.05) is 50.1 Å². The lowest BCUT2D eigenvalue weighted by Gasteiger charge is -2.31. The number of carbonyl (C=O) groups excluding carboxylic acids is 2. The first-order valence-corrected chi connectivity index (χ1v) is 15.0. The van der Waals surface area contributed by atoms with E-state index >= 15 is 0 Å². The van der Waals surface area contributed by atoms with Crippen molar-refractivity contribution in [2.45, 2.75) is 64.4 Å². The number of hydrogen-bond donors (Lipinski definition) is 1. The van der Waals surface area contributed by atoms with Gasteiger partial charge >= 0.3 is 6.09 Å². The van der Waals surface area contributed by atoms with Gasteiger partial charge in [0.05, 0.1) is 6.04 Å². The van der Waals surface area contributed by atoms with E-state index in [0.717, 1.165) is 44.3 Å². The van der Waals surface area contributed by atoms with Crippen molar-refractivity contribution in [3.63, 3.8) is 0 Å². The zero-order valence-corrected chi connectivity index (χ0v) is 26.0. The number of pyridine rings is 1. The third kappa shape index (κ3) is 10.2. The van der Waals surface area contributed by atoms with Crippen molar-refractivity contribution in [1.82, 2.24) is 15.4 Å². The van der Waals surface area contributed by atoms with Crippen LogP contribution in [-0.2, 0) is 19.1 Å². The van der Waals surface area contributed by atoms with Crippen LogP contribution in [0.4, 0.5) is 16.3 Å². The molecule has 2 aliphatic heterocycles. The summed E-state index contributed by atoms with van der Waals surface area (Å²) >= 11 is 0. The maximum Gasteiger partial charge on any atom is 0.416 e. The Kier molecular flexibility index (Phi) is 11.3. The standard InChI is InChI=1S/C33H45N5O5/c1-33(2,3)42-32(40)38(28-19-21-37(24-28)20-8-9-25-11-15-27(16-12-25)36(4)5)29-17-13-26(23-34-29)14-18-30(39)35-43-31-10-6-7-22-41-31/h8-9,11-18,23,28,31H,6-7,10,19-22,24H2,1-5H3,(H,35,39)/b9-8+,18-14+/t28-,31?/m1/s1. The molecular weight excluding hydrogens is 546 g/mol. The molecule has 0 radical (unpaired) electrons. The first kappa shape index (κ1) is 32.2. The molecule has 0 saturated carbocycles. The smallest absolute Gasteiger partial charge is 0.416 e. The summed E-state index contributed by atoms with van der Waals surface area (Å²) in [5, 5.41) is 0. The average molecular weight is 592 g/mol. The molecule has 10 nitrogen and oxygen atoms in total. The summed E-state index contributed by atoms with van der Waals surface area (Å²) in [5.41, 5.74) is 4.80. The topological polar surface area (TPSA) is 96.5 Å². The van der Waals surface area contributed by atoms with Gasteiger partial charge in [-0.1, -0.05) is 24.3 Å². The molecule has 2 atom stereocenters. The van der Waals surface area contributed by atoms with E-state index in [2.05, 4.69) is 56.7 Å². The highest BCUT2D eigenvalue weighted by molar-refractivity contribution is 5.91. The maximum atomic E-state index is 13.4. The fraction of sp³-hybridized carbons (Fsp3) is 0.485. The molecule has 0 spiro atoms. The summed E-state index contributed by atoms with van der Waals surface area (Å²) in [6.45, 7) is 8.55. The summed E-state index contributed by atoms with van der Waals surface area (Å²) in [6.07, 6.45) is 11.7. The number of carbonyl (C=O) groups is 2. The third-order valence-corrected chi connectivity index (χ3v) is 7.16. The Morgan fingerprint density at radius 3 is 2.49 bits per heavy atom. The molecule has 2 aromatic rings. The predicted octanol–water partition coefficient (Wildman–Crippen LogP) is 5.26. The number of likely N-dealkylation sites (tertiary alicyclic amines) is 1. The number of aromatic nitrogens is 1. The molecule has 2 amide bonds. The van der Waals surface area contributed by atoms with Crippen molar-refractivity contribution >= 4 is 35.7 Å². The predicted molar refractivity (Wildman–Crippen MR) is 169 cm³/mol. The van der Waals surface area contributed by atoms with Gasteiger partial charge in [-0.15, -0.1) is 0 Å². The number of nitrogens with zero attached hydrogens (tertiary/aromatic N) is 4. The van der Waals surface area contributed by atoms with Gasteiger partial charge in [0, 0.05) is 64.7 Å². The highest BCUT2D eigenvalue weighted by Gasteiger charge is 2.35. The molecule has 2 saturated heterocycles. The minimum absolute atomic E-state index is 0.0820. The number of nitrogens with one attached hydrogen (secondary N) is 1. The molecule has 2 fully saturated rings. The van der Waals surface area contributed by atoms with Gasteiger partial charge < -0.3 is 14.4 Å². The van der Waals surface area contributed by atoms with Crippen LogP contribution in [0.15, 0.2) is 54.7 Å². The Hall–Kier alpha value is -3.73. The second-order valence-electron chi connectivity index (χ2n) is 12.1. The molecule has 1 N–H and O–H groups in total. The largest absolute Gasteiger partial charge is 0.443 e. The van der Waals surface area contributed by atoms with Crippen LogP contribution >= 0.6 is 0 Å². The Balaban J connectivity index is 1.36. The highest BCUT2D eigenvalue weighted by Crippen LogP contribution is 2.25. The van der Waals surface area contributed by atoms with E-state index in [1.54, 1.807) is 23.2 Å². The fourth-order valence-electron chi connectivity index (χ4n) is 4.92. The molecule has 0 aliphatic carbocycles. The minimum atomic E-state index is -0.640. The van der Waals surface area contributed by atoms with Gasteiger partial charge in [0.25, 0.3) is 5.91 Å². The minimum Gasteiger partial charge on any atom is -0.443 e. The van der Waals surface area contributed by atoms with Gasteiger partial charge in [-0.05, 0) is 81.5 Å². The first-order valence-electron chi connectivity index (χ1n) is 15.0. The zero-order chi connectivity index (χ0) is 30.8. The molecule has 232 valence electrons. The number of ether oxygens (including phenoxy) is 2. The van der Waals surface area contributed by atoms with Crippen molar-refractivity contribution in [2.24, 2.45) is 0 Å². The van der Waals surface area contributed by atoms with E-state index in [9.17, 15) is 9.59 Å². The average Bonchev–Trinajstić information content (AvgIpc) is 3.43. The number of anilines is 2. The summed E-state index contributed by atoms with van der Waals surface area (Å²) in [7, 11) is 4.06. The van der Waals surface area contributed by atoms with Crippen molar-refractivity contribution in [1.29, 1.82) is 0 Å². The number of hydroxylamine groups is 1. The molecule has 1 unspecified atom stereocenters. The van der Waals surface area contributed by atoms with E-state index in [1.807, 2.05) is 40.9 Å². The maximum absolute atomic E-state index is 13.4. The normalized spacial score (nSPS) is 19.6. The van der Waals surface area contributed by atoms with Gasteiger partial charge in [-0.25, -0.2) is 20.1 Å². The van der Waals surface area contributed by atoms with E-state index < -0.39 is 18.0 Å². The molecule has 43 heavy (non-hydrogen) atoms. The van der Waals surface area contributed by atoms with Crippen LogP contribution in [0.3, 0.4) is 0 Å². The van der Waals surface area contributed by atoms with E-state index in [1.165, 1.54) is 11.8 Å². The Labute approximate surface area is 255 Å². The van der Waals surface area contributed by atoms with Gasteiger partial charge in [-0.2, -0.15) is 0 Å². The molecule has 4 rings (SSSR count). The molecular formula is C33H45N5O5. The quantitative estimate of drug-likeness (QED) is 0.295. The lowest BCUT2D eigenvalue weighted by atomic mass is 10.2. The number of rotatable bonds is 10. The molecule has 3 heterocycles. The van der Waals surface area contributed by atoms with E-state index in [4.69, 9.17) is 14.3 Å². The Bertz CT molecular complexity index is 1250. The van der Waals surface area contributed by atoms with Crippen molar-refractivity contribution in [3.8, 4) is 0 Å². The second-order valence-corrected chi connectivity index (χ2v) is 12.1.